The van der Waals surface area contributed by atoms with Crippen LogP contribution < -0.4 is 0 Å². The fourth-order valence-electron chi connectivity index (χ4n) is 3.66. The predicted molar refractivity (Wildman–Crippen MR) is 103 cm³/mol. The van der Waals surface area contributed by atoms with Gasteiger partial charge in [0, 0.05) is 26.2 Å². The van der Waals surface area contributed by atoms with E-state index in [1.54, 1.807) is 6.26 Å². The molecule has 0 N–H and O–H groups in total. The molecule has 0 aliphatic carbocycles. The zero-order chi connectivity index (χ0) is 18.8. The molecule has 0 unspecified atom stereocenters. The van der Waals surface area contributed by atoms with E-state index >= 15 is 0 Å². The molecular formula is C21H24N4O2. The maximum atomic E-state index is 13.1. The Bertz CT molecular complexity index is 907. The highest BCUT2D eigenvalue weighted by molar-refractivity contribution is 5.96. The van der Waals surface area contributed by atoms with E-state index in [-0.39, 0.29) is 5.91 Å². The minimum Gasteiger partial charge on any atom is -0.468 e. The number of para-hydroxylation sites is 1. The molecule has 1 aromatic carbocycles. The van der Waals surface area contributed by atoms with Crippen LogP contribution in [-0.4, -0.2) is 51.7 Å². The van der Waals surface area contributed by atoms with Crippen molar-refractivity contribution in [2.75, 3.05) is 26.2 Å². The number of piperazine rings is 1. The second kappa shape index (κ2) is 7.40. The van der Waals surface area contributed by atoms with Crippen molar-refractivity contribution < 1.29 is 9.21 Å². The molecule has 27 heavy (non-hydrogen) atoms. The van der Waals surface area contributed by atoms with Gasteiger partial charge in [-0.05, 0) is 38.1 Å². The second-order valence-corrected chi connectivity index (χ2v) is 6.94. The van der Waals surface area contributed by atoms with Crippen molar-refractivity contribution in [3.63, 3.8) is 0 Å². The molecule has 0 atom stereocenters. The summed E-state index contributed by atoms with van der Waals surface area (Å²) >= 11 is 0. The molecule has 140 valence electrons. The lowest BCUT2D eigenvalue weighted by molar-refractivity contribution is 0.0619. The maximum absolute atomic E-state index is 13.1. The van der Waals surface area contributed by atoms with Crippen molar-refractivity contribution in [1.82, 2.24) is 19.6 Å². The van der Waals surface area contributed by atoms with Gasteiger partial charge in [0.05, 0.1) is 35.4 Å². The van der Waals surface area contributed by atoms with Gasteiger partial charge in [0.15, 0.2) is 0 Å². The summed E-state index contributed by atoms with van der Waals surface area (Å²) in [5.74, 6) is 1.04. The Hall–Kier alpha value is -2.86. The Labute approximate surface area is 159 Å². The molecule has 0 bridgehead atoms. The summed E-state index contributed by atoms with van der Waals surface area (Å²) in [6.45, 7) is 7.79. The number of aromatic nitrogens is 2. The monoisotopic (exact) mass is 364 g/mol. The van der Waals surface area contributed by atoms with Gasteiger partial charge < -0.3 is 9.32 Å². The van der Waals surface area contributed by atoms with Gasteiger partial charge in [-0.2, -0.15) is 5.10 Å². The highest BCUT2D eigenvalue weighted by Gasteiger charge is 2.27. The fourth-order valence-corrected chi connectivity index (χ4v) is 3.66. The van der Waals surface area contributed by atoms with Gasteiger partial charge in [-0.15, -0.1) is 0 Å². The third-order valence-corrected chi connectivity index (χ3v) is 5.12. The normalized spacial score (nSPS) is 15.3. The van der Waals surface area contributed by atoms with E-state index in [0.29, 0.717) is 0 Å². The molecule has 1 amide bonds. The van der Waals surface area contributed by atoms with E-state index in [2.05, 4.69) is 10.00 Å². The lowest BCUT2D eigenvalue weighted by atomic mass is 10.1. The van der Waals surface area contributed by atoms with Gasteiger partial charge >= 0.3 is 0 Å². The molecule has 3 heterocycles. The van der Waals surface area contributed by atoms with Gasteiger partial charge in [-0.3, -0.25) is 9.69 Å². The third kappa shape index (κ3) is 3.53. The molecular weight excluding hydrogens is 340 g/mol. The number of benzene rings is 1. The standard InChI is InChI=1S/C21H24N4O2/c1-16-20(17(2)25(22-16)18-7-4-3-5-8-18)21(26)24-12-10-23(11-13-24)15-19-9-6-14-27-19/h3-9,14H,10-13,15H2,1-2H3. The Morgan fingerprint density at radius 3 is 2.44 bits per heavy atom. The fraction of sp³-hybridized carbons (Fsp3) is 0.333. The number of hydrogen-bond donors (Lipinski definition) is 0. The van der Waals surface area contributed by atoms with Crippen LogP contribution in [0.15, 0.2) is 53.1 Å². The molecule has 1 aliphatic rings. The smallest absolute Gasteiger partial charge is 0.257 e. The first-order valence-corrected chi connectivity index (χ1v) is 9.29. The second-order valence-electron chi connectivity index (χ2n) is 6.94. The lowest BCUT2D eigenvalue weighted by Crippen LogP contribution is -2.48. The average Bonchev–Trinajstić information content (AvgIpc) is 3.30. The van der Waals surface area contributed by atoms with Crippen LogP contribution in [0.2, 0.25) is 0 Å². The SMILES string of the molecule is Cc1nn(-c2ccccc2)c(C)c1C(=O)N1CCN(Cc2ccco2)CC1. The zero-order valence-corrected chi connectivity index (χ0v) is 15.8. The van der Waals surface area contributed by atoms with E-state index in [0.717, 1.165) is 61.1 Å². The van der Waals surface area contributed by atoms with Crippen molar-refractivity contribution >= 4 is 5.91 Å². The Kier molecular flexibility index (Phi) is 4.81. The van der Waals surface area contributed by atoms with Crippen molar-refractivity contribution in [1.29, 1.82) is 0 Å². The van der Waals surface area contributed by atoms with Crippen molar-refractivity contribution in [3.8, 4) is 5.69 Å². The van der Waals surface area contributed by atoms with Crippen LogP contribution in [0.5, 0.6) is 0 Å². The molecule has 1 fully saturated rings. The van der Waals surface area contributed by atoms with E-state index in [4.69, 9.17) is 4.42 Å². The summed E-state index contributed by atoms with van der Waals surface area (Å²) in [6.07, 6.45) is 1.70. The van der Waals surface area contributed by atoms with Crippen molar-refractivity contribution in [3.05, 3.63) is 71.4 Å². The maximum Gasteiger partial charge on any atom is 0.257 e. The largest absolute Gasteiger partial charge is 0.468 e. The summed E-state index contributed by atoms with van der Waals surface area (Å²) in [7, 11) is 0. The third-order valence-electron chi connectivity index (χ3n) is 5.12. The molecule has 2 aromatic heterocycles. The summed E-state index contributed by atoms with van der Waals surface area (Å²) in [5.41, 5.74) is 3.36. The molecule has 0 saturated carbocycles. The Balaban J connectivity index is 1.47. The molecule has 6 heteroatoms. The Morgan fingerprint density at radius 1 is 1.04 bits per heavy atom. The summed E-state index contributed by atoms with van der Waals surface area (Å²) in [4.78, 5) is 17.4. The van der Waals surface area contributed by atoms with E-state index in [9.17, 15) is 4.79 Å². The van der Waals surface area contributed by atoms with Crippen LogP contribution in [0.1, 0.15) is 27.5 Å². The van der Waals surface area contributed by atoms with Gasteiger partial charge in [0.1, 0.15) is 5.76 Å². The number of furan rings is 1. The van der Waals surface area contributed by atoms with E-state index in [1.165, 1.54) is 0 Å². The molecule has 0 spiro atoms. The number of rotatable bonds is 4. The van der Waals surface area contributed by atoms with Gasteiger partial charge in [0.25, 0.3) is 5.91 Å². The average molecular weight is 364 g/mol. The van der Waals surface area contributed by atoms with Crippen LogP contribution in [0.4, 0.5) is 0 Å². The predicted octanol–water partition coefficient (Wildman–Crippen LogP) is 3.04. The Morgan fingerprint density at radius 2 is 1.78 bits per heavy atom. The molecule has 1 aliphatic heterocycles. The number of aryl methyl sites for hydroxylation is 1. The number of nitrogens with zero attached hydrogens (tertiary/aromatic N) is 4. The summed E-state index contributed by atoms with van der Waals surface area (Å²) < 4.78 is 7.28. The molecule has 4 rings (SSSR count). The lowest BCUT2D eigenvalue weighted by Gasteiger charge is -2.34. The minimum absolute atomic E-state index is 0.0739. The number of carbonyl (C=O) groups is 1. The molecule has 3 aromatic rings. The molecule has 0 radical (unpaired) electrons. The quantitative estimate of drug-likeness (QED) is 0.714. The first kappa shape index (κ1) is 17.5. The highest BCUT2D eigenvalue weighted by atomic mass is 16.3. The first-order chi connectivity index (χ1) is 13.1. The van der Waals surface area contributed by atoms with Crippen LogP contribution in [0, 0.1) is 13.8 Å². The van der Waals surface area contributed by atoms with Gasteiger partial charge in [-0.25, -0.2) is 4.68 Å². The number of carbonyl (C=O) groups excluding carboxylic acids is 1. The molecule has 6 nitrogen and oxygen atoms in total. The van der Waals surface area contributed by atoms with Crippen molar-refractivity contribution in [2.24, 2.45) is 0 Å². The molecule has 1 saturated heterocycles. The number of hydrogen-bond acceptors (Lipinski definition) is 4. The van der Waals surface area contributed by atoms with Crippen LogP contribution in [-0.2, 0) is 6.54 Å². The first-order valence-electron chi connectivity index (χ1n) is 9.29. The van der Waals surface area contributed by atoms with E-state index < -0.39 is 0 Å². The summed E-state index contributed by atoms with van der Waals surface area (Å²) in [6, 6.07) is 13.8. The summed E-state index contributed by atoms with van der Waals surface area (Å²) in [5, 5.41) is 4.61. The van der Waals surface area contributed by atoms with E-state index in [1.807, 2.05) is 65.9 Å². The van der Waals surface area contributed by atoms with Crippen LogP contribution in [0.25, 0.3) is 5.69 Å². The van der Waals surface area contributed by atoms with Gasteiger partial charge in [-0.1, -0.05) is 18.2 Å². The zero-order valence-electron chi connectivity index (χ0n) is 15.8. The van der Waals surface area contributed by atoms with Crippen LogP contribution >= 0.6 is 0 Å². The van der Waals surface area contributed by atoms with Crippen LogP contribution in [0.3, 0.4) is 0 Å². The minimum atomic E-state index is 0.0739. The number of amides is 1. The topological polar surface area (TPSA) is 54.5 Å². The van der Waals surface area contributed by atoms with Gasteiger partial charge in [0.2, 0.25) is 0 Å². The highest BCUT2D eigenvalue weighted by Crippen LogP contribution is 2.20. The van der Waals surface area contributed by atoms with Crippen molar-refractivity contribution in [2.45, 2.75) is 20.4 Å².